The van der Waals surface area contributed by atoms with Crippen molar-refractivity contribution in [3.05, 3.63) is 53.0 Å². The summed E-state index contributed by atoms with van der Waals surface area (Å²) < 4.78 is 0.960. The third-order valence-corrected chi connectivity index (χ3v) is 6.51. The maximum Gasteiger partial charge on any atom is 0.327 e. The van der Waals surface area contributed by atoms with Gasteiger partial charge in [-0.3, -0.25) is 4.90 Å². The number of nitrogens with zero attached hydrogens (tertiary/aromatic N) is 1. The van der Waals surface area contributed by atoms with Crippen molar-refractivity contribution in [2.75, 3.05) is 10.2 Å². The second kappa shape index (κ2) is 5.87. The SMILES string of the molecule is O=C(Nc1cccc(Br)c1)N1c2ccccc2SC12CCCC2. The monoisotopic (exact) mass is 388 g/mol. The van der Waals surface area contributed by atoms with Crippen LogP contribution in [0, 0.1) is 0 Å². The van der Waals surface area contributed by atoms with Crippen molar-refractivity contribution in [1.29, 1.82) is 0 Å². The van der Waals surface area contributed by atoms with Crippen molar-refractivity contribution in [2.24, 2.45) is 0 Å². The maximum absolute atomic E-state index is 13.0. The molecule has 1 aliphatic heterocycles. The highest BCUT2D eigenvalue weighted by Crippen LogP contribution is 2.57. The number of nitrogens with one attached hydrogen (secondary N) is 1. The van der Waals surface area contributed by atoms with Crippen LogP contribution in [0.15, 0.2) is 57.9 Å². The summed E-state index contributed by atoms with van der Waals surface area (Å²) in [6, 6.07) is 15.9. The third kappa shape index (κ3) is 2.66. The fraction of sp³-hybridized carbons (Fsp3) is 0.278. The average molecular weight is 389 g/mol. The minimum atomic E-state index is -0.111. The van der Waals surface area contributed by atoms with Gasteiger partial charge in [0, 0.05) is 15.1 Å². The second-order valence-electron chi connectivity index (χ2n) is 6.00. The number of urea groups is 1. The molecule has 0 saturated heterocycles. The van der Waals surface area contributed by atoms with Gasteiger partial charge in [-0.2, -0.15) is 0 Å². The van der Waals surface area contributed by atoms with Gasteiger partial charge in [0.25, 0.3) is 0 Å². The zero-order chi connectivity index (χ0) is 15.9. The Bertz CT molecular complexity index is 758. The minimum Gasteiger partial charge on any atom is -0.307 e. The van der Waals surface area contributed by atoms with E-state index in [0.717, 1.165) is 28.7 Å². The molecule has 5 heteroatoms. The Kier molecular flexibility index (Phi) is 3.85. The molecular formula is C18H17BrN2OS. The van der Waals surface area contributed by atoms with Crippen LogP contribution < -0.4 is 10.2 Å². The lowest BCUT2D eigenvalue weighted by molar-refractivity contribution is 0.254. The van der Waals surface area contributed by atoms with Gasteiger partial charge in [0.15, 0.2) is 0 Å². The molecule has 4 rings (SSSR count). The zero-order valence-corrected chi connectivity index (χ0v) is 15.0. The van der Waals surface area contributed by atoms with Gasteiger partial charge in [0.2, 0.25) is 0 Å². The van der Waals surface area contributed by atoms with Crippen LogP contribution in [-0.2, 0) is 0 Å². The number of para-hydroxylation sites is 1. The average Bonchev–Trinajstić information content (AvgIpc) is 3.11. The van der Waals surface area contributed by atoms with Crippen LogP contribution in [0.2, 0.25) is 0 Å². The molecule has 23 heavy (non-hydrogen) atoms. The topological polar surface area (TPSA) is 32.3 Å². The molecule has 1 aliphatic carbocycles. The Balaban J connectivity index is 1.68. The van der Waals surface area contributed by atoms with Gasteiger partial charge in [-0.1, -0.05) is 58.7 Å². The maximum atomic E-state index is 13.0. The highest BCUT2D eigenvalue weighted by atomic mass is 79.9. The molecule has 0 atom stereocenters. The summed E-state index contributed by atoms with van der Waals surface area (Å²) in [5, 5.41) is 3.06. The van der Waals surface area contributed by atoms with Crippen LogP contribution in [0.5, 0.6) is 0 Å². The van der Waals surface area contributed by atoms with Crippen LogP contribution in [0.1, 0.15) is 25.7 Å². The minimum absolute atomic E-state index is 0.0394. The van der Waals surface area contributed by atoms with E-state index in [1.165, 1.54) is 17.7 Å². The molecule has 0 unspecified atom stereocenters. The van der Waals surface area contributed by atoms with Crippen LogP contribution in [0.4, 0.5) is 16.2 Å². The number of anilines is 2. The quantitative estimate of drug-likeness (QED) is 0.662. The predicted octanol–water partition coefficient (Wildman–Crippen LogP) is 5.86. The molecule has 2 aromatic carbocycles. The Hall–Kier alpha value is -1.46. The molecule has 2 amide bonds. The number of halogens is 1. The molecule has 2 aromatic rings. The molecule has 1 spiro atoms. The van der Waals surface area contributed by atoms with E-state index in [2.05, 4.69) is 33.4 Å². The molecular weight excluding hydrogens is 372 g/mol. The largest absolute Gasteiger partial charge is 0.327 e. The molecule has 1 saturated carbocycles. The molecule has 3 nitrogen and oxygen atoms in total. The zero-order valence-electron chi connectivity index (χ0n) is 12.6. The lowest BCUT2D eigenvalue weighted by Gasteiger charge is -2.34. The summed E-state index contributed by atoms with van der Waals surface area (Å²) in [7, 11) is 0. The van der Waals surface area contributed by atoms with Crippen LogP contribution in [0.25, 0.3) is 0 Å². The third-order valence-electron chi connectivity index (χ3n) is 4.48. The van der Waals surface area contributed by atoms with Crippen LogP contribution in [-0.4, -0.2) is 10.9 Å². The number of hydrogen-bond acceptors (Lipinski definition) is 2. The van der Waals surface area contributed by atoms with E-state index in [0.29, 0.717) is 0 Å². The van der Waals surface area contributed by atoms with Gasteiger partial charge in [0.1, 0.15) is 4.87 Å². The number of hydrogen-bond donors (Lipinski definition) is 1. The lowest BCUT2D eigenvalue weighted by Crippen LogP contribution is -2.47. The number of thioether (sulfide) groups is 1. The lowest BCUT2D eigenvalue weighted by atomic mass is 10.2. The molecule has 0 aromatic heterocycles. The van der Waals surface area contributed by atoms with Crippen molar-refractivity contribution in [3.8, 4) is 0 Å². The molecule has 0 bridgehead atoms. The van der Waals surface area contributed by atoms with Crippen molar-refractivity contribution < 1.29 is 4.79 Å². The van der Waals surface area contributed by atoms with E-state index >= 15 is 0 Å². The number of carbonyl (C=O) groups is 1. The van der Waals surface area contributed by atoms with E-state index in [9.17, 15) is 4.79 Å². The Morgan fingerprint density at radius 2 is 1.91 bits per heavy atom. The molecule has 2 aliphatic rings. The predicted molar refractivity (Wildman–Crippen MR) is 99.1 cm³/mol. The van der Waals surface area contributed by atoms with Gasteiger partial charge in [-0.15, -0.1) is 0 Å². The smallest absolute Gasteiger partial charge is 0.307 e. The normalized spacial score (nSPS) is 18.2. The van der Waals surface area contributed by atoms with E-state index in [1.54, 1.807) is 0 Å². The van der Waals surface area contributed by atoms with Crippen molar-refractivity contribution >= 4 is 45.1 Å². The number of amides is 2. The number of carbonyl (C=O) groups excluding carboxylic acids is 1. The van der Waals surface area contributed by atoms with E-state index in [4.69, 9.17) is 0 Å². The first-order valence-corrected chi connectivity index (χ1v) is 9.44. The summed E-state index contributed by atoms with van der Waals surface area (Å²) in [5.41, 5.74) is 1.85. The van der Waals surface area contributed by atoms with E-state index in [-0.39, 0.29) is 10.9 Å². The van der Waals surface area contributed by atoms with Crippen molar-refractivity contribution in [2.45, 2.75) is 35.4 Å². The Labute approximate surface area is 148 Å². The van der Waals surface area contributed by atoms with Crippen molar-refractivity contribution in [3.63, 3.8) is 0 Å². The summed E-state index contributed by atoms with van der Waals surface area (Å²) in [6.45, 7) is 0. The van der Waals surface area contributed by atoms with Gasteiger partial charge < -0.3 is 5.32 Å². The fourth-order valence-corrected chi connectivity index (χ4v) is 5.48. The van der Waals surface area contributed by atoms with Crippen molar-refractivity contribution in [1.82, 2.24) is 0 Å². The Morgan fingerprint density at radius 1 is 1.13 bits per heavy atom. The van der Waals surface area contributed by atoms with Crippen LogP contribution >= 0.6 is 27.7 Å². The highest BCUT2D eigenvalue weighted by molar-refractivity contribution is 9.10. The van der Waals surface area contributed by atoms with Gasteiger partial charge in [-0.05, 0) is 43.2 Å². The first-order chi connectivity index (χ1) is 11.2. The number of rotatable bonds is 1. The molecule has 1 N–H and O–H groups in total. The molecule has 0 radical (unpaired) electrons. The van der Waals surface area contributed by atoms with Crippen LogP contribution in [0.3, 0.4) is 0 Å². The highest BCUT2D eigenvalue weighted by Gasteiger charge is 2.49. The molecule has 1 fully saturated rings. The number of fused-ring (bicyclic) bond motifs is 1. The van der Waals surface area contributed by atoms with Gasteiger partial charge in [-0.25, -0.2) is 4.79 Å². The Morgan fingerprint density at radius 3 is 2.70 bits per heavy atom. The number of benzene rings is 2. The summed E-state index contributed by atoms with van der Waals surface area (Å²) in [4.78, 5) is 16.1. The van der Waals surface area contributed by atoms with Gasteiger partial charge >= 0.3 is 6.03 Å². The summed E-state index contributed by atoms with van der Waals surface area (Å²) in [6.07, 6.45) is 4.47. The second-order valence-corrected chi connectivity index (χ2v) is 8.32. The van der Waals surface area contributed by atoms with E-state index in [1.807, 2.05) is 53.1 Å². The molecule has 118 valence electrons. The molecule has 1 heterocycles. The standard InChI is InChI=1S/C18H17BrN2OS/c19-13-6-5-7-14(12-13)20-17(22)21-15-8-1-2-9-16(15)23-18(21)10-3-4-11-18/h1-2,5-9,12H,3-4,10-11H2,(H,20,22). The summed E-state index contributed by atoms with van der Waals surface area (Å²) >= 11 is 5.30. The first kappa shape index (κ1) is 15.1. The first-order valence-electron chi connectivity index (χ1n) is 7.83. The fourth-order valence-electron chi connectivity index (χ4n) is 3.49. The summed E-state index contributed by atoms with van der Waals surface area (Å²) in [5.74, 6) is 0. The van der Waals surface area contributed by atoms with E-state index < -0.39 is 0 Å². The van der Waals surface area contributed by atoms with Gasteiger partial charge in [0.05, 0.1) is 5.69 Å².